The Kier molecular flexibility index (Phi) is 14.8. The number of ether oxygens (including phenoxy) is 2. The number of halogens is 4. The first-order chi connectivity index (χ1) is 17.6. The van der Waals surface area contributed by atoms with Crippen LogP contribution in [0.1, 0.15) is 24.0 Å². The Hall–Kier alpha value is -0.910. The van der Waals surface area contributed by atoms with Gasteiger partial charge in [-0.25, -0.2) is 0 Å². The highest BCUT2D eigenvalue weighted by Crippen LogP contribution is 2.36. The fourth-order valence-corrected chi connectivity index (χ4v) is 6.37. The van der Waals surface area contributed by atoms with Crippen LogP contribution in [0, 0.1) is 0 Å². The molecule has 2 aromatic rings. The molecule has 204 valence electrons. The topological polar surface area (TPSA) is 54.0 Å². The van der Waals surface area contributed by atoms with Gasteiger partial charge < -0.3 is 24.6 Å². The standard InChI is InChI=1S/C27H35Br4N3O3/c1-32-10-9-20-17-23(30)27(24(31)18-20)37-14-6-12-34(4)25(35)8-7-19-15-21(28)26(22(29)16-19)36-13-5-11-33(2)3/h7-8,15-18,32H,5-6,9-14H2,1-4H3. The van der Waals surface area contributed by atoms with E-state index in [0.29, 0.717) is 26.2 Å². The molecule has 37 heavy (non-hydrogen) atoms. The number of amides is 1. The van der Waals surface area contributed by atoms with Crippen molar-refractivity contribution in [1.29, 1.82) is 0 Å². The normalized spacial score (nSPS) is 11.4. The van der Waals surface area contributed by atoms with E-state index in [2.05, 4.69) is 86.1 Å². The summed E-state index contributed by atoms with van der Waals surface area (Å²) in [6.07, 6.45) is 6.00. The van der Waals surface area contributed by atoms with Crippen molar-refractivity contribution in [2.75, 3.05) is 61.0 Å². The molecule has 0 radical (unpaired) electrons. The molecule has 0 bridgehead atoms. The number of nitrogens with one attached hydrogen (secondary N) is 1. The van der Waals surface area contributed by atoms with Crippen molar-refractivity contribution in [3.63, 3.8) is 0 Å². The van der Waals surface area contributed by atoms with Crippen molar-refractivity contribution in [2.45, 2.75) is 19.3 Å². The summed E-state index contributed by atoms with van der Waals surface area (Å²) in [6.45, 7) is 3.61. The number of benzene rings is 2. The van der Waals surface area contributed by atoms with Gasteiger partial charge in [0.15, 0.2) is 0 Å². The number of hydrogen-bond donors (Lipinski definition) is 1. The molecule has 2 aromatic carbocycles. The van der Waals surface area contributed by atoms with E-state index in [9.17, 15) is 4.79 Å². The van der Waals surface area contributed by atoms with E-state index in [-0.39, 0.29) is 5.91 Å². The van der Waals surface area contributed by atoms with Crippen molar-refractivity contribution in [3.05, 3.63) is 59.4 Å². The number of carbonyl (C=O) groups is 1. The van der Waals surface area contributed by atoms with Crippen LogP contribution in [0.2, 0.25) is 0 Å². The maximum absolute atomic E-state index is 12.6. The molecule has 0 spiro atoms. The first-order valence-electron chi connectivity index (χ1n) is 12.1. The van der Waals surface area contributed by atoms with Gasteiger partial charge in [-0.05, 0) is 152 Å². The molecular weight excluding hydrogens is 734 g/mol. The summed E-state index contributed by atoms with van der Waals surface area (Å²) in [7, 11) is 7.83. The lowest BCUT2D eigenvalue weighted by Crippen LogP contribution is -2.26. The number of likely N-dealkylation sites (N-methyl/N-ethyl adjacent to an activating group) is 2. The molecule has 0 aliphatic rings. The largest absolute Gasteiger partial charge is 0.491 e. The Bertz CT molecular complexity index is 1020. The van der Waals surface area contributed by atoms with Crippen LogP contribution in [0.4, 0.5) is 0 Å². The number of hydrogen-bond acceptors (Lipinski definition) is 5. The number of rotatable bonds is 15. The number of nitrogens with zero attached hydrogens (tertiary/aromatic N) is 2. The van der Waals surface area contributed by atoms with Gasteiger partial charge >= 0.3 is 0 Å². The third-order valence-electron chi connectivity index (χ3n) is 5.42. The lowest BCUT2D eigenvalue weighted by atomic mass is 10.1. The van der Waals surface area contributed by atoms with Gasteiger partial charge in [-0.2, -0.15) is 0 Å². The Morgan fingerprint density at radius 3 is 1.89 bits per heavy atom. The molecule has 0 aliphatic heterocycles. The second kappa shape index (κ2) is 16.9. The summed E-state index contributed by atoms with van der Waals surface area (Å²) in [6, 6.07) is 8.06. The highest BCUT2D eigenvalue weighted by molar-refractivity contribution is 9.11. The summed E-state index contributed by atoms with van der Waals surface area (Å²) in [5.41, 5.74) is 2.12. The maximum Gasteiger partial charge on any atom is 0.246 e. The predicted octanol–water partition coefficient (Wildman–Crippen LogP) is 6.77. The fourth-order valence-electron chi connectivity index (χ4n) is 3.41. The third kappa shape index (κ3) is 11.4. The molecule has 2 rings (SSSR count). The van der Waals surface area contributed by atoms with E-state index in [1.165, 1.54) is 5.56 Å². The average Bonchev–Trinajstić information content (AvgIpc) is 2.83. The first kappa shape index (κ1) is 32.3. The Balaban J connectivity index is 1.83. The van der Waals surface area contributed by atoms with Crippen LogP contribution in [0.25, 0.3) is 6.08 Å². The van der Waals surface area contributed by atoms with E-state index >= 15 is 0 Å². The van der Waals surface area contributed by atoms with Crippen LogP contribution in [-0.2, 0) is 11.2 Å². The summed E-state index contributed by atoms with van der Waals surface area (Å²) < 4.78 is 15.4. The third-order valence-corrected chi connectivity index (χ3v) is 7.77. The fraction of sp³-hybridized carbons (Fsp3) is 0.444. The van der Waals surface area contributed by atoms with E-state index in [0.717, 1.165) is 60.9 Å². The zero-order valence-electron chi connectivity index (χ0n) is 21.8. The molecular formula is C27H35Br4N3O3. The number of carbonyl (C=O) groups excluding carboxylic acids is 1. The van der Waals surface area contributed by atoms with Gasteiger partial charge in [0.2, 0.25) is 5.91 Å². The lowest BCUT2D eigenvalue weighted by molar-refractivity contribution is -0.124. The van der Waals surface area contributed by atoms with Gasteiger partial charge in [0, 0.05) is 26.2 Å². The first-order valence-corrected chi connectivity index (χ1v) is 15.2. The van der Waals surface area contributed by atoms with Crippen molar-refractivity contribution in [3.8, 4) is 11.5 Å². The summed E-state index contributed by atoms with van der Waals surface area (Å²) in [4.78, 5) is 16.4. The monoisotopic (exact) mass is 765 g/mol. The average molecular weight is 769 g/mol. The zero-order chi connectivity index (χ0) is 27.4. The van der Waals surface area contributed by atoms with Crippen molar-refractivity contribution < 1.29 is 14.3 Å². The molecule has 0 fully saturated rings. The van der Waals surface area contributed by atoms with E-state index in [1.807, 2.05) is 39.4 Å². The van der Waals surface area contributed by atoms with Crippen LogP contribution >= 0.6 is 63.7 Å². The van der Waals surface area contributed by atoms with Gasteiger partial charge in [0.25, 0.3) is 0 Å². The summed E-state index contributed by atoms with van der Waals surface area (Å²) in [5.74, 6) is 1.49. The minimum Gasteiger partial charge on any atom is -0.491 e. The minimum absolute atomic E-state index is 0.0625. The van der Waals surface area contributed by atoms with Gasteiger partial charge in [-0.3, -0.25) is 4.79 Å². The molecule has 1 amide bonds. The van der Waals surface area contributed by atoms with Gasteiger partial charge in [0.1, 0.15) is 11.5 Å². The highest BCUT2D eigenvalue weighted by atomic mass is 79.9. The highest BCUT2D eigenvalue weighted by Gasteiger charge is 2.11. The predicted molar refractivity (Wildman–Crippen MR) is 167 cm³/mol. The smallest absolute Gasteiger partial charge is 0.246 e. The van der Waals surface area contributed by atoms with Crippen LogP contribution in [-0.4, -0.2) is 76.7 Å². The Morgan fingerprint density at radius 1 is 0.865 bits per heavy atom. The lowest BCUT2D eigenvalue weighted by Gasteiger charge is -2.16. The van der Waals surface area contributed by atoms with Crippen LogP contribution < -0.4 is 14.8 Å². The van der Waals surface area contributed by atoms with E-state index in [4.69, 9.17) is 9.47 Å². The molecule has 0 aromatic heterocycles. The molecule has 0 unspecified atom stereocenters. The molecule has 0 saturated heterocycles. The Morgan fingerprint density at radius 2 is 1.38 bits per heavy atom. The van der Waals surface area contributed by atoms with Crippen molar-refractivity contribution in [1.82, 2.24) is 15.1 Å². The van der Waals surface area contributed by atoms with Crippen molar-refractivity contribution >= 4 is 75.7 Å². The summed E-state index contributed by atoms with van der Waals surface area (Å²) in [5, 5.41) is 3.16. The van der Waals surface area contributed by atoms with E-state index < -0.39 is 0 Å². The second-order valence-corrected chi connectivity index (χ2v) is 12.3. The molecule has 1 N–H and O–H groups in total. The second-order valence-electron chi connectivity index (χ2n) is 8.86. The van der Waals surface area contributed by atoms with Gasteiger partial charge in [-0.1, -0.05) is 0 Å². The molecule has 0 aliphatic carbocycles. The van der Waals surface area contributed by atoms with Crippen LogP contribution in [0.15, 0.2) is 48.2 Å². The molecule has 0 heterocycles. The SMILES string of the molecule is CNCCc1cc(Br)c(OCCCN(C)C(=O)C=Cc2cc(Br)c(OCCCN(C)C)c(Br)c2)c(Br)c1. The maximum atomic E-state index is 12.6. The molecule has 0 atom stereocenters. The zero-order valence-corrected chi connectivity index (χ0v) is 28.1. The van der Waals surface area contributed by atoms with Crippen LogP contribution in [0.5, 0.6) is 11.5 Å². The quantitative estimate of drug-likeness (QED) is 0.160. The molecule has 0 saturated carbocycles. The van der Waals surface area contributed by atoms with Crippen molar-refractivity contribution in [2.24, 2.45) is 0 Å². The van der Waals surface area contributed by atoms with E-state index in [1.54, 1.807) is 18.0 Å². The van der Waals surface area contributed by atoms with Crippen LogP contribution in [0.3, 0.4) is 0 Å². The molecule has 6 nitrogen and oxygen atoms in total. The Labute approximate surface area is 254 Å². The summed E-state index contributed by atoms with van der Waals surface area (Å²) >= 11 is 14.4. The molecule has 10 heteroatoms. The minimum atomic E-state index is -0.0625. The van der Waals surface area contributed by atoms with Gasteiger partial charge in [-0.15, -0.1) is 0 Å². The van der Waals surface area contributed by atoms with Gasteiger partial charge in [0.05, 0.1) is 31.1 Å².